The minimum Gasteiger partial charge on any atom is -0.325 e. The van der Waals surface area contributed by atoms with E-state index in [-0.39, 0.29) is 0 Å². The summed E-state index contributed by atoms with van der Waals surface area (Å²) in [5.74, 6) is 1.24. The molecule has 0 rings (SSSR count). The van der Waals surface area contributed by atoms with Crippen LogP contribution in [0.3, 0.4) is 0 Å². The van der Waals surface area contributed by atoms with Crippen LogP contribution in [0.15, 0.2) is 0 Å². The Balaban J connectivity index is 0. The fourth-order valence-corrected chi connectivity index (χ4v) is 2.59. The van der Waals surface area contributed by atoms with Crippen molar-refractivity contribution in [2.24, 2.45) is 0 Å². The minimum absolute atomic E-state index is 0.356. The molecule has 1 N–H and O–H groups in total. The van der Waals surface area contributed by atoms with Crippen molar-refractivity contribution in [3.8, 4) is 0 Å². The van der Waals surface area contributed by atoms with E-state index in [1.54, 1.807) is 23.7 Å². The van der Waals surface area contributed by atoms with Crippen LogP contribution >= 0.6 is 40.9 Å². The quantitative estimate of drug-likeness (QED) is 0.156. The Hall–Kier alpha value is 1.28. The summed E-state index contributed by atoms with van der Waals surface area (Å²) >= 11 is 3.97. The fraction of sp³-hybridized carbons (Fsp3) is 1.00. The topological polar surface area (TPSA) is 57.2 Å². The Kier molecular flexibility index (Phi) is 23.8. The van der Waals surface area contributed by atoms with Crippen LogP contribution in [0.5, 0.6) is 0 Å². The van der Waals surface area contributed by atoms with Crippen molar-refractivity contribution in [1.29, 1.82) is 0 Å². The third-order valence-electron chi connectivity index (χ3n) is 1.10. The Morgan fingerprint density at radius 1 is 1.12 bits per heavy atom. The van der Waals surface area contributed by atoms with E-state index in [0.29, 0.717) is 13.2 Å². The lowest BCUT2D eigenvalue weighted by atomic mass is 10.4. The first-order valence-electron chi connectivity index (χ1n) is 5.24. The van der Waals surface area contributed by atoms with E-state index in [4.69, 9.17) is 4.89 Å². The molecule has 0 saturated carbocycles. The van der Waals surface area contributed by atoms with Gasteiger partial charge in [0.2, 0.25) is 0 Å². The molecule has 0 heterocycles. The molecule has 0 atom stereocenters. The van der Waals surface area contributed by atoms with E-state index in [9.17, 15) is 0 Å². The van der Waals surface area contributed by atoms with Crippen molar-refractivity contribution in [2.75, 3.05) is 19.0 Å². The molecule has 0 aliphatic carbocycles. The van der Waals surface area contributed by atoms with Gasteiger partial charge in [-0.3, -0.25) is 0 Å². The average Bonchev–Trinajstić information content (AvgIpc) is 2.35. The molecule has 0 spiro atoms. The molecular formula is C8H21O5PS3. The second kappa shape index (κ2) is 19.6. The average molecular weight is 324 g/mol. The van der Waals surface area contributed by atoms with Gasteiger partial charge in [0.1, 0.15) is 0 Å². The predicted molar refractivity (Wildman–Crippen MR) is 78.5 cm³/mol. The molecular weight excluding hydrogens is 303 g/mol. The highest BCUT2D eigenvalue weighted by molar-refractivity contribution is 9.05. The van der Waals surface area contributed by atoms with E-state index in [1.165, 1.54) is 18.6 Å². The van der Waals surface area contributed by atoms with Crippen molar-refractivity contribution in [3.63, 3.8) is 0 Å². The number of rotatable bonds is 10. The van der Waals surface area contributed by atoms with Gasteiger partial charge in [0.15, 0.2) is 0 Å². The highest BCUT2D eigenvalue weighted by Gasteiger charge is 2.07. The molecule has 0 saturated heterocycles. The maximum atomic E-state index is 8.68. The predicted octanol–water partition coefficient (Wildman–Crippen LogP) is 4.15. The summed E-state index contributed by atoms with van der Waals surface area (Å²) in [5.41, 5.74) is 0. The van der Waals surface area contributed by atoms with Crippen LogP contribution < -0.4 is 0 Å². The third-order valence-corrected chi connectivity index (χ3v) is 3.89. The molecule has 0 aromatic heterocycles. The van der Waals surface area contributed by atoms with E-state index >= 15 is 0 Å². The molecule has 106 valence electrons. The maximum absolute atomic E-state index is 8.68. The summed E-state index contributed by atoms with van der Waals surface area (Å²) < 4.78 is 8.53. The lowest BCUT2D eigenvalue weighted by Gasteiger charge is -2.05. The Morgan fingerprint density at radius 3 is 2.00 bits per heavy atom. The molecule has 0 fully saturated rings. The van der Waals surface area contributed by atoms with Gasteiger partial charge in [0.05, 0.1) is 13.2 Å². The van der Waals surface area contributed by atoms with Crippen LogP contribution in [0.25, 0.3) is 0 Å². The molecule has 0 unspecified atom stereocenters. The molecule has 9 heteroatoms. The third kappa shape index (κ3) is 22.9. The summed E-state index contributed by atoms with van der Waals surface area (Å²) in [7, 11) is 1.33. The first-order chi connectivity index (χ1) is 8.22. The van der Waals surface area contributed by atoms with Crippen LogP contribution in [0, 0.1) is 0 Å². The zero-order valence-corrected chi connectivity index (χ0v) is 13.7. The molecule has 17 heavy (non-hydrogen) atoms. The van der Waals surface area contributed by atoms with E-state index < -0.39 is 8.60 Å². The normalized spacial score (nSPS) is 10.2. The van der Waals surface area contributed by atoms with Gasteiger partial charge in [-0.15, -0.1) is 0 Å². The maximum Gasteiger partial charge on any atom is 0.389 e. The van der Waals surface area contributed by atoms with Crippen molar-refractivity contribution in [2.45, 2.75) is 33.6 Å². The molecule has 0 bridgehead atoms. The molecule has 0 aromatic rings. The van der Waals surface area contributed by atoms with Crippen molar-refractivity contribution in [3.05, 3.63) is 0 Å². The van der Waals surface area contributed by atoms with Crippen molar-refractivity contribution in [1.82, 2.24) is 0 Å². The summed E-state index contributed by atoms with van der Waals surface area (Å²) in [5, 5.41) is 0. The van der Waals surface area contributed by atoms with Gasteiger partial charge in [0.25, 0.3) is 0 Å². The molecule has 0 amide bonds. The largest absolute Gasteiger partial charge is 0.389 e. The number of hydrogen-bond donors (Lipinski definition) is 2. The van der Waals surface area contributed by atoms with Crippen molar-refractivity contribution >= 4 is 40.9 Å². The second-order valence-electron chi connectivity index (χ2n) is 2.45. The fourth-order valence-electron chi connectivity index (χ4n) is 0.449. The Morgan fingerprint density at radius 2 is 1.65 bits per heavy atom. The lowest BCUT2D eigenvalue weighted by Crippen LogP contribution is -1.93. The summed E-state index contributed by atoms with van der Waals surface area (Å²) in [4.78, 5) is 17.4. The first kappa shape index (κ1) is 20.6. The van der Waals surface area contributed by atoms with Crippen LogP contribution in [-0.2, 0) is 19.1 Å². The lowest BCUT2D eigenvalue weighted by molar-refractivity contribution is -0.263. The number of hydrogen-bond acceptors (Lipinski definition) is 8. The number of thiol groups is 1. The van der Waals surface area contributed by atoms with Gasteiger partial charge in [0, 0.05) is 5.75 Å². The van der Waals surface area contributed by atoms with Crippen LogP contribution in [-0.4, -0.2) is 23.9 Å². The van der Waals surface area contributed by atoms with Gasteiger partial charge in [-0.25, -0.2) is 9.78 Å². The zero-order chi connectivity index (χ0) is 13.4. The van der Waals surface area contributed by atoms with Crippen molar-refractivity contribution < 1.29 is 24.0 Å². The van der Waals surface area contributed by atoms with Gasteiger partial charge >= 0.3 is 8.60 Å². The smallest absolute Gasteiger partial charge is 0.325 e. The first-order valence-corrected chi connectivity index (χ1v) is 9.74. The van der Waals surface area contributed by atoms with E-state index in [2.05, 4.69) is 37.7 Å². The molecule has 0 aliphatic rings. The second-order valence-corrected chi connectivity index (χ2v) is 6.51. The SMILES string of the molecule is CCCCSSS.CCOOP(O)OOCC. The highest BCUT2D eigenvalue weighted by Crippen LogP contribution is 2.32. The molecule has 0 aromatic carbocycles. The van der Waals surface area contributed by atoms with Crippen LogP contribution in [0.2, 0.25) is 0 Å². The number of unbranched alkanes of at least 4 members (excludes halogenated alkanes) is 1. The molecule has 0 radical (unpaired) electrons. The van der Waals surface area contributed by atoms with Gasteiger partial charge in [-0.05, 0) is 30.1 Å². The monoisotopic (exact) mass is 324 g/mol. The summed E-state index contributed by atoms with van der Waals surface area (Å²) in [6.07, 6.45) is 2.61. The van der Waals surface area contributed by atoms with Crippen LogP contribution in [0.4, 0.5) is 0 Å². The Labute approximate surface area is 117 Å². The Bertz CT molecular complexity index is 124. The molecule has 0 aliphatic heterocycles. The molecule has 5 nitrogen and oxygen atoms in total. The standard InChI is InChI=1S/C4H11O5P.C4H10S3/c1-3-6-8-10(5)9-7-4-2;1-2-3-4-6-7-5/h5H,3-4H2,1-2H3;5H,2-4H2,1H3. The highest BCUT2D eigenvalue weighted by atomic mass is 33.5. The van der Waals surface area contributed by atoms with Gasteiger partial charge in [-0.2, -0.15) is 9.35 Å². The summed E-state index contributed by atoms with van der Waals surface area (Å²) in [6.45, 7) is 6.36. The summed E-state index contributed by atoms with van der Waals surface area (Å²) in [6, 6.07) is 0. The van der Waals surface area contributed by atoms with Gasteiger partial charge < -0.3 is 4.89 Å². The van der Waals surface area contributed by atoms with E-state index in [0.717, 1.165) is 0 Å². The zero-order valence-electron chi connectivity index (χ0n) is 10.3. The van der Waals surface area contributed by atoms with E-state index in [1.807, 2.05) is 10.8 Å². The van der Waals surface area contributed by atoms with Crippen LogP contribution in [0.1, 0.15) is 33.6 Å². The van der Waals surface area contributed by atoms with Gasteiger partial charge in [-0.1, -0.05) is 35.8 Å². The minimum atomic E-state index is -2.04.